The number of hydrogen-bond donors (Lipinski definition) is 2. The SMILES string of the molecule is CC(CC(F)(F)F)Nc1ccc(N)c(C#N)n1. The van der Waals surface area contributed by atoms with Gasteiger partial charge in [-0.2, -0.15) is 18.4 Å². The lowest BCUT2D eigenvalue weighted by molar-refractivity contribution is -0.136. The number of nitrogen functional groups attached to an aromatic ring is 1. The van der Waals surface area contributed by atoms with E-state index in [9.17, 15) is 13.2 Å². The normalized spacial score (nSPS) is 12.9. The van der Waals surface area contributed by atoms with Crippen LogP contribution in [0.1, 0.15) is 19.0 Å². The fourth-order valence-electron chi connectivity index (χ4n) is 1.29. The maximum atomic E-state index is 12.1. The number of nitrogens with zero attached hydrogens (tertiary/aromatic N) is 2. The lowest BCUT2D eigenvalue weighted by atomic mass is 10.2. The molecule has 0 aliphatic heterocycles. The molecule has 0 bridgehead atoms. The largest absolute Gasteiger partial charge is 0.396 e. The van der Waals surface area contributed by atoms with E-state index in [1.54, 1.807) is 6.07 Å². The number of alkyl halides is 3. The van der Waals surface area contributed by atoms with Crippen molar-refractivity contribution in [1.29, 1.82) is 5.26 Å². The van der Waals surface area contributed by atoms with Gasteiger partial charge in [-0.25, -0.2) is 4.98 Å². The number of hydrogen-bond acceptors (Lipinski definition) is 4. The summed E-state index contributed by atoms with van der Waals surface area (Å²) in [5.41, 5.74) is 5.63. The number of halogens is 3. The third-order valence-electron chi connectivity index (χ3n) is 1.96. The lowest BCUT2D eigenvalue weighted by Gasteiger charge is -2.16. The molecule has 4 nitrogen and oxygen atoms in total. The Morgan fingerprint density at radius 2 is 2.18 bits per heavy atom. The van der Waals surface area contributed by atoms with Crippen molar-refractivity contribution in [3.8, 4) is 6.07 Å². The summed E-state index contributed by atoms with van der Waals surface area (Å²) in [5, 5.41) is 11.2. The molecule has 3 N–H and O–H groups in total. The second-order valence-electron chi connectivity index (χ2n) is 3.61. The predicted molar refractivity (Wildman–Crippen MR) is 57.1 cm³/mol. The highest BCUT2D eigenvalue weighted by atomic mass is 19.4. The molecule has 7 heteroatoms. The van der Waals surface area contributed by atoms with Crippen LogP contribution in [0.5, 0.6) is 0 Å². The standard InChI is InChI=1S/C10H11F3N4/c1-6(4-10(11,12)13)16-9-3-2-7(15)8(5-14)17-9/h2-3,6H,4,15H2,1H3,(H,16,17). The van der Waals surface area contributed by atoms with Crippen LogP contribution in [0.3, 0.4) is 0 Å². The number of nitrogens with one attached hydrogen (secondary N) is 1. The van der Waals surface area contributed by atoms with Crippen LogP contribution in [-0.2, 0) is 0 Å². The van der Waals surface area contributed by atoms with E-state index >= 15 is 0 Å². The molecule has 92 valence electrons. The topological polar surface area (TPSA) is 74.7 Å². The van der Waals surface area contributed by atoms with Crippen LogP contribution in [0.4, 0.5) is 24.7 Å². The first-order chi connectivity index (χ1) is 7.81. The fourth-order valence-corrected chi connectivity index (χ4v) is 1.29. The molecule has 1 rings (SSSR count). The van der Waals surface area contributed by atoms with Crippen molar-refractivity contribution in [3.05, 3.63) is 17.8 Å². The van der Waals surface area contributed by atoms with Gasteiger partial charge in [0.1, 0.15) is 11.9 Å². The van der Waals surface area contributed by atoms with Crippen LogP contribution in [0.15, 0.2) is 12.1 Å². The molecule has 1 aromatic heterocycles. The zero-order valence-electron chi connectivity index (χ0n) is 9.04. The minimum Gasteiger partial charge on any atom is -0.396 e. The van der Waals surface area contributed by atoms with Crippen LogP contribution in [0.25, 0.3) is 0 Å². The maximum absolute atomic E-state index is 12.1. The van der Waals surface area contributed by atoms with E-state index in [4.69, 9.17) is 11.0 Å². The summed E-state index contributed by atoms with van der Waals surface area (Å²) in [4.78, 5) is 3.80. The Balaban J connectivity index is 2.73. The van der Waals surface area contributed by atoms with E-state index in [0.29, 0.717) is 0 Å². The Bertz CT molecular complexity index is 436. The number of anilines is 2. The van der Waals surface area contributed by atoms with E-state index < -0.39 is 18.6 Å². The molecular formula is C10H11F3N4. The smallest absolute Gasteiger partial charge is 0.391 e. The van der Waals surface area contributed by atoms with E-state index in [1.165, 1.54) is 19.1 Å². The summed E-state index contributed by atoms with van der Waals surface area (Å²) < 4.78 is 36.3. The van der Waals surface area contributed by atoms with Gasteiger partial charge in [-0.3, -0.25) is 0 Å². The maximum Gasteiger partial charge on any atom is 0.391 e. The van der Waals surface area contributed by atoms with E-state index in [0.717, 1.165) is 0 Å². The first-order valence-electron chi connectivity index (χ1n) is 4.81. The van der Waals surface area contributed by atoms with Gasteiger partial charge < -0.3 is 11.1 Å². The molecule has 0 fully saturated rings. The second kappa shape index (κ2) is 4.91. The number of pyridine rings is 1. The molecule has 0 aliphatic rings. The Labute approximate surface area is 96.3 Å². The minimum absolute atomic E-state index is 0.00536. The van der Waals surface area contributed by atoms with Crippen molar-refractivity contribution < 1.29 is 13.2 Å². The summed E-state index contributed by atoms with van der Waals surface area (Å²) in [6.07, 6.45) is -5.21. The summed E-state index contributed by atoms with van der Waals surface area (Å²) in [7, 11) is 0. The molecule has 17 heavy (non-hydrogen) atoms. The first-order valence-corrected chi connectivity index (χ1v) is 4.81. The zero-order chi connectivity index (χ0) is 13.1. The second-order valence-corrected chi connectivity index (χ2v) is 3.61. The fraction of sp³-hybridized carbons (Fsp3) is 0.400. The molecule has 1 atom stereocenters. The van der Waals surface area contributed by atoms with Gasteiger partial charge in [-0.15, -0.1) is 0 Å². The molecule has 1 unspecified atom stereocenters. The van der Waals surface area contributed by atoms with Gasteiger partial charge in [0.15, 0.2) is 5.69 Å². The summed E-state index contributed by atoms with van der Waals surface area (Å²) >= 11 is 0. The average Bonchev–Trinajstić information content (AvgIpc) is 2.18. The van der Waals surface area contributed by atoms with E-state index in [1.807, 2.05) is 0 Å². The Morgan fingerprint density at radius 3 is 2.71 bits per heavy atom. The van der Waals surface area contributed by atoms with Crippen molar-refractivity contribution in [2.45, 2.75) is 25.6 Å². The van der Waals surface area contributed by atoms with Crippen molar-refractivity contribution in [1.82, 2.24) is 4.98 Å². The van der Waals surface area contributed by atoms with Gasteiger partial charge in [-0.05, 0) is 19.1 Å². The van der Waals surface area contributed by atoms with E-state index in [2.05, 4.69) is 10.3 Å². The van der Waals surface area contributed by atoms with Crippen LogP contribution in [0, 0.1) is 11.3 Å². The van der Waals surface area contributed by atoms with Gasteiger partial charge in [0.2, 0.25) is 0 Å². The summed E-state index contributed by atoms with van der Waals surface area (Å²) in [5.74, 6) is 0.201. The number of nitriles is 1. The van der Waals surface area contributed by atoms with Crippen molar-refractivity contribution in [2.75, 3.05) is 11.1 Å². The van der Waals surface area contributed by atoms with Crippen LogP contribution >= 0.6 is 0 Å². The molecule has 0 spiro atoms. The van der Waals surface area contributed by atoms with Gasteiger partial charge >= 0.3 is 6.18 Å². The molecule has 0 saturated carbocycles. The number of rotatable bonds is 3. The molecule has 0 amide bonds. The third kappa shape index (κ3) is 4.18. The first kappa shape index (κ1) is 13.1. The molecule has 1 heterocycles. The van der Waals surface area contributed by atoms with Crippen LogP contribution < -0.4 is 11.1 Å². The van der Waals surface area contributed by atoms with Crippen LogP contribution in [-0.4, -0.2) is 17.2 Å². The van der Waals surface area contributed by atoms with Crippen molar-refractivity contribution in [2.24, 2.45) is 0 Å². The van der Waals surface area contributed by atoms with Gasteiger partial charge in [0, 0.05) is 6.04 Å². The third-order valence-corrected chi connectivity index (χ3v) is 1.96. The van der Waals surface area contributed by atoms with Crippen molar-refractivity contribution in [3.63, 3.8) is 0 Å². The molecular weight excluding hydrogens is 233 g/mol. The molecule has 1 aromatic rings. The van der Waals surface area contributed by atoms with Crippen molar-refractivity contribution >= 4 is 11.5 Å². The van der Waals surface area contributed by atoms with Gasteiger partial charge in [0.25, 0.3) is 0 Å². The lowest BCUT2D eigenvalue weighted by Crippen LogP contribution is -2.24. The highest BCUT2D eigenvalue weighted by Gasteiger charge is 2.30. The summed E-state index contributed by atoms with van der Waals surface area (Å²) in [6.45, 7) is 1.39. The Hall–Kier alpha value is -1.97. The molecule has 0 radical (unpaired) electrons. The Kier molecular flexibility index (Phi) is 3.78. The van der Waals surface area contributed by atoms with Gasteiger partial charge in [0.05, 0.1) is 12.1 Å². The zero-order valence-corrected chi connectivity index (χ0v) is 9.04. The van der Waals surface area contributed by atoms with Gasteiger partial charge in [-0.1, -0.05) is 0 Å². The monoisotopic (exact) mass is 244 g/mol. The molecule has 0 aliphatic carbocycles. The minimum atomic E-state index is -4.24. The quantitative estimate of drug-likeness (QED) is 0.855. The number of aromatic nitrogens is 1. The predicted octanol–water partition coefficient (Wildman–Crippen LogP) is 2.29. The summed E-state index contributed by atoms with van der Waals surface area (Å²) in [6, 6.07) is 3.80. The molecule has 0 saturated heterocycles. The number of nitrogens with two attached hydrogens (primary N) is 1. The highest BCUT2D eigenvalue weighted by Crippen LogP contribution is 2.23. The Morgan fingerprint density at radius 1 is 1.53 bits per heavy atom. The van der Waals surface area contributed by atoms with E-state index in [-0.39, 0.29) is 17.2 Å². The molecule has 0 aromatic carbocycles. The average molecular weight is 244 g/mol. The van der Waals surface area contributed by atoms with Crippen LogP contribution in [0.2, 0.25) is 0 Å². The highest BCUT2D eigenvalue weighted by molar-refractivity contribution is 5.54.